The molecule has 0 spiro atoms. The second kappa shape index (κ2) is 57.5. The smallest absolute Gasteiger partial charge is 0.332 e. The van der Waals surface area contributed by atoms with E-state index in [0.29, 0.717) is 125 Å². The molecule has 2 saturated heterocycles. The molecule has 3 aromatic carbocycles. The van der Waals surface area contributed by atoms with Crippen LogP contribution in [0.2, 0.25) is 0 Å². The number of likely N-dealkylation sites (N-methyl/N-ethyl adjacent to an activating group) is 1. The van der Waals surface area contributed by atoms with Crippen molar-refractivity contribution in [2.75, 3.05) is 45.7 Å². The molecular weight excluding hydrogens is 1890 g/mol. The van der Waals surface area contributed by atoms with Crippen molar-refractivity contribution in [2.45, 2.75) is 356 Å². The summed E-state index contributed by atoms with van der Waals surface area (Å²) in [4.78, 5) is 158. The number of aryl methyl sites for hydroxylation is 3. The quantitative estimate of drug-likeness (QED) is 0.00365. The van der Waals surface area contributed by atoms with Gasteiger partial charge in [-0.15, -0.1) is 0 Å². The number of nitrogens with two attached hydrogens (primary N) is 4. The number of aliphatic carboxylic acids is 1. The molecular formula is C112H182N17O17S+. The molecule has 2 aliphatic heterocycles. The van der Waals surface area contributed by atoms with Crippen molar-refractivity contribution in [3.63, 3.8) is 0 Å². The van der Waals surface area contributed by atoms with Gasteiger partial charge in [0.25, 0.3) is 5.56 Å². The predicted octanol–water partition coefficient (Wildman–Crippen LogP) is 16.9. The Kier molecular flexibility index (Phi) is 51.6. The van der Waals surface area contributed by atoms with Gasteiger partial charge in [-0.05, 0) is 197 Å². The number of carboxylic acid groups (broad SMARTS) is 1. The van der Waals surface area contributed by atoms with E-state index in [4.69, 9.17) is 28.0 Å². The number of anilines is 1. The predicted molar refractivity (Wildman–Crippen MR) is 595 cm³/mol. The Morgan fingerprint density at radius 2 is 1.14 bits per heavy atom. The number of hydrogen-bond acceptors (Lipinski definition) is 24. The van der Waals surface area contributed by atoms with E-state index >= 15 is 0 Å². The number of H-pyrrole nitrogens is 2. The number of phenols is 3. The maximum Gasteiger partial charge on any atom is 0.332 e. The van der Waals surface area contributed by atoms with Crippen molar-refractivity contribution >= 4 is 115 Å². The van der Waals surface area contributed by atoms with Crippen LogP contribution in [0.25, 0.3) is 33.0 Å². The van der Waals surface area contributed by atoms with E-state index in [9.17, 15) is 78.0 Å². The number of Topliss-reactive ketones (excluding diaryl/α,β-unsaturated/α-hetero) is 8. The molecule has 7 heterocycles. The number of aromatic nitrogens is 7. The second-order valence-corrected chi connectivity index (χ2v) is 50.0. The summed E-state index contributed by atoms with van der Waals surface area (Å²) in [7, 11) is 9.35. The number of aliphatic hydroxyl groups excluding tert-OH is 1. The van der Waals surface area contributed by atoms with Crippen LogP contribution in [-0.4, -0.2) is 221 Å². The molecule has 0 bridgehead atoms. The highest BCUT2D eigenvalue weighted by Crippen LogP contribution is 2.36. The number of aromatic hydroxyl groups is 3. The number of rotatable bonds is 31. The number of aliphatic hydroxyl groups is 1. The number of nitrogen functional groups attached to an aromatic ring is 1. The molecule has 35 heteroatoms. The number of benzene rings is 3. The Balaban J connectivity index is 0.000000563. The van der Waals surface area contributed by atoms with Crippen molar-refractivity contribution in [1.29, 1.82) is 0 Å². The number of carbonyl (C=O) groups is 10. The van der Waals surface area contributed by atoms with Crippen LogP contribution in [0.15, 0.2) is 112 Å². The van der Waals surface area contributed by atoms with Crippen molar-refractivity contribution < 1.29 is 78.0 Å². The van der Waals surface area contributed by atoms with Gasteiger partial charge in [0.15, 0.2) is 34.5 Å². The Morgan fingerprint density at radius 1 is 0.612 bits per heavy atom. The summed E-state index contributed by atoms with van der Waals surface area (Å²) in [6.45, 7) is 57.0. The van der Waals surface area contributed by atoms with E-state index in [-0.39, 0.29) is 127 Å². The number of carbonyl (C=O) groups excluding carboxylic acids is 9. The Labute approximate surface area is 877 Å². The zero-order valence-electron chi connectivity index (χ0n) is 94.7. The molecule has 0 aliphatic carbocycles. The fourth-order valence-corrected chi connectivity index (χ4v) is 16.5. The van der Waals surface area contributed by atoms with E-state index in [2.05, 4.69) is 73.2 Å². The molecule has 2 amide bonds. The maximum absolute atomic E-state index is 12.5. The summed E-state index contributed by atoms with van der Waals surface area (Å²) in [5.74, 6) is 1.62. The molecule has 8 aromatic rings. The fraction of sp³-hybridized carbons (Fsp3) is 0.616. The van der Waals surface area contributed by atoms with E-state index in [1.807, 2.05) is 223 Å². The summed E-state index contributed by atoms with van der Waals surface area (Å²) >= 11 is 1.94. The average Bonchev–Trinajstić information content (AvgIpc) is 1.62. The van der Waals surface area contributed by atoms with Gasteiger partial charge in [0.05, 0.1) is 69.7 Å². The molecule has 0 saturated carbocycles. The third kappa shape index (κ3) is 49.6. The molecule has 34 nitrogen and oxygen atoms in total. The highest BCUT2D eigenvalue weighted by molar-refractivity contribution is 8.00. The molecule has 1 unspecified atom stereocenters. The number of pyridine rings is 1. The summed E-state index contributed by atoms with van der Waals surface area (Å²) in [5.41, 5.74) is 26.5. The minimum Gasteiger partial charge on any atom is -0.508 e. The van der Waals surface area contributed by atoms with Gasteiger partial charge in [0, 0.05) is 165 Å². The number of hydrogen-bond donors (Lipinski definition) is 15. The summed E-state index contributed by atoms with van der Waals surface area (Å²) in [6, 6.07) is 17.8. The van der Waals surface area contributed by atoms with E-state index < -0.39 is 35.0 Å². The van der Waals surface area contributed by atoms with Crippen LogP contribution in [0, 0.1) is 37.9 Å². The monoisotopic (exact) mass is 2070 g/mol. The van der Waals surface area contributed by atoms with Gasteiger partial charge in [-0.25, -0.2) is 14.6 Å². The zero-order valence-corrected chi connectivity index (χ0v) is 95.5. The standard InChI is InChI=1S/C16H24N4O3.C15H20N2O2.C15H21NO.C14H24N2O2S.C11H24N4O.C11H15NO2.C11H24NO2.C10H13NO.C9H17NO3/c1-16(2,3)11(21)8-6-7-9-20-14(22)12-13(17-10-18(12)4)19(5)15(20)23;1-15(2,3)14(19)12(16)6-9-8-17-13-5-4-10(18)7-11(9)13;1-15(2,3)8-4-5-11-10-16-14-7-6-12(17)9-13(11)14;1-14(2,3)11(17)7-5-4-6-10-12-9(8-19-10)15-13(18)16-12;1-8(16)9(12)6-5-7-14-10(13)15-11(2,3)4;1-11(2,3)10(14)8-5-4-7(12)6-9(8)13;1-11(2,3)10(14)7-9(13)8-12(4,5)6;1-10(2,3)9(12)8-5-4-6-11-7-8;1-6(11)7(5-8(12)13)10-9(2,3)4/h10H,6-9H2,1-5H3;4-5,7-8,12,17-18H,6,16H2,1-3H3;6-7,9-10,16-17H,4-5,8H2,1-3H3;9-10,12H,4-8H2,1-3H3,(H2,15,16,18);9H,5-7,12H2,1-4H3,(H3,13,14,15);4-6,13H,12H2,1-3H3;9,13H,7-8H2,1-6H3;4-7H,1-3H3;7,10H,5H2,1-4H3,(H,12,13)/q;;;;;;+1;;/t;12-;;9-,10-,12-;9-;;;;7-/m.0.00...0/s1. The van der Waals surface area contributed by atoms with Crippen molar-refractivity contribution in [1.82, 2.24) is 54.9 Å². The van der Waals surface area contributed by atoms with E-state index in [1.54, 1.807) is 73.5 Å². The molecule has 0 radical (unpaired) electrons. The first kappa shape index (κ1) is 132. The van der Waals surface area contributed by atoms with Crippen LogP contribution in [0.3, 0.4) is 0 Å². The molecule has 19 N–H and O–H groups in total. The normalized spacial score (nSPS) is 15.2. The number of nitrogens with one attached hydrogen (secondary N) is 6. The summed E-state index contributed by atoms with van der Waals surface area (Å²) < 4.78 is 4.91. The first-order valence-corrected chi connectivity index (χ1v) is 51.8. The second-order valence-electron chi connectivity index (χ2n) is 48.8. The van der Waals surface area contributed by atoms with Crippen LogP contribution >= 0.6 is 11.8 Å². The number of unbranched alkanes of at least 4 members (excludes halogenated alkanes) is 2. The number of quaternary nitrogens is 1. The lowest BCUT2D eigenvalue weighted by Gasteiger charge is -2.27. The molecule has 147 heavy (non-hydrogen) atoms. The topological polar surface area (TPSA) is 543 Å². The number of ketones is 8. The Hall–Kier alpha value is -11.2. The number of thioether (sulfide) groups is 1. The van der Waals surface area contributed by atoms with E-state index in [0.717, 1.165) is 65.2 Å². The lowest BCUT2D eigenvalue weighted by Crippen LogP contribution is -2.47. The summed E-state index contributed by atoms with van der Waals surface area (Å²) in [5, 5.41) is 61.3. The fourth-order valence-electron chi connectivity index (χ4n) is 15.0. The highest BCUT2D eigenvalue weighted by atomic mass is 32.2. The number of nitrogens with zero attached hydrogens (tertiary/aromatic N) is 7. The summed E-state index contributed by atoms with van der Waals surface area (Å²) in [6.07, 6.45) is 19.2. The van der Waals surface area contributed by atoms with Crippen LogP contribution in [0.4, 0.5) is 10.5 Å². The lowest BCUT2D eigenvalue weighted by molar-refractivity contribution is -0.873. The van der Waals surface area contributed by atoms with Crippen molar-refractivity contribution in [2.24, 2.45) is 74.2 Å². The molecule has 7 atom stereocenters. The third-order valence-corrected chi connectivity index (χ3v) is 24.9. The van der Waals surface area contributed by atoms with Gasteiger partial charge < -0.3 is 88.8 Å². The van der Waals surface area contributed by atoms with Gasteiger partial charge in [-0.3, -0.25) is 67.1 Å². The van der Waals surface area contributed by atoms with Crippen LogP contribution in [0.5, 0.6) is 17.2 Å². The number of fused-ring (bicyclic) bond motifs is 4. The molecule has 822 valence electrons. The van der Waals surface area contributed by atoms with Gasteiger partial charge in [-0.1, -0.05) is 152 Å². The largest absolute Gasteiger partial charge is 0.508 e. The van der Waals surface area contributed by atoms with Crippen molar-refractivity contribution in [3.05, 3.63) is 141 Å². The van der Waals surface area contributed by atoms with Gasteiger partial charge in [-0.2, -0.15) is 11.8 Å². The van der Waals surface area contributed by atoms with E-state index in [1.165, 1.54) is 53.8 Å². The zero-order chi connectivity index (χ0) is 113. The van der Waals surface area contributed by atoms with Gasteiger partial charge in [0.2, 0.25) is 0 Å². The number of guanidine groups is 1. The maximum atomic E-state index is 12.5. The number of phenolic OH excluding ortho intramolecular Hbond substituents is 3. The Morgan fingerprint density at radius 3 is 1.61 bits per heavy atom. The third-order valence-electron chi connectivity index (χ3n) is 23.4. The van der Waals surface area contributed by atoms with Crippen LogP contribution in [0.1, 0.15) is 316 Å². The number of aliphatic imine (C=N–C) groups is 1. The van der Waals surface area contributed by atoms with Crippen LogP contribution in [-0.2, 0) is 67.0 Å². The number of carboxylic acids is 1. The number of urea groups is 1. The highest BCUT2D eigenvalue weighted by Gasteiger charge is 2.43. The minimum absolute atomic E-state index is 0.0183. The first-order valence-electron chi connectivity index (χ1n) is 50.7. The lowest BCUT2D eigenvalue weighted by atomic mass is 9.84. The van der Waals surface area contributed by atoms with Gasteiger partial charge in [0.1, 0.15) is 58.8 Å². The number of aromatic amines is 2. The SMILES string of the molecule is CC(=O)[C@@H](N)CCCN=C(N)NC(C)(C)C.CC(=O)[C@H](CC(=O)O)NC(C)(C)C.CC(C)(C)C(=O)CC(O)C[N+](C)(C)C.CC(C)(C)C(=O)CCCC[C@@H]1SC[C@@H]2NC(=O)N[C@@H]21.CC(C)(C)C(=O)[C@@H](N)Cc1c[nH]c2ccc(O)cc12.CC(C)(C)C(=O)c1ccc(N)cc1O.CC(C)(C)C(=O)c1cccnc1.CC(C)(C)CCCc1c[nH]c2ccc(O)cc12.Cn1cnc2c1c(=O)n(CCCCC(=O)C(C)(C)C)c(=O)n2C. The number of amides is 2. The number of imidazole rings is 1. The van der Waals surface area contributed by atoms with Gasteiger partial charge >= 0.3 is 17.7 Å². The molecule has 2 aliphatic rings. The molecule has 5 aromatic heterocycles. The average molecular weight is 2070 g/mol. The first-order chi connectivity index (χ1) is 67.1. The molecule has 10 rings (SSSR count). The van der Waals surface area contributed by atoms with Crippen molar-refractivity contribution in [3.8, 4) is 17.2 Å². The van der Waals surface area contributed by atoms with Crippen LogP contribution < -0.4 is 55.5 Å². The minimum atomic E-state index is -0.961. The Bertz CT molecular complexity index is 5780. The molecule has 2 fully saturated rings.